The Morgan fingerprint density at radius 3 is 2.88 bits per heavy atom. The van der Waals surface area contributed by atoms with Crippen LogP contribution in [-0.2, 0) is 19.5 Å². The molecule has 4 heterocycles. The Morgan fingerprint density at radius 2 is 2.15 bits per heavy atom. The van der Waals surface area contributed by atoms with Crippen molar-refractivity contribution in [1.29, 1.82) is 0 Å². The smallest absolute Gasteiger partial charge is 0.191 e. The molecular formula is C17H26IN7S. The summed E-state index contributed by atoms with van der Waals surface area (Å²) >= 11 is 1.82. The van der Waals surface area contributed by atoms with Gasteiger partial charge in [0, 0.05) is 39.1 Å². The van der Waals surface area contributed by atoms with E-state index in [0.29, 0.717) is 12.6 Å². The second-order valence-corrected chi connectivity index (χ2v) is 7.50. The molecule has 0 spiro atoms. The van der Waals surface area contributed by atoms with E-state index in [-0.39, 0.29) is 24.0 Å². The summed E-state index contributed by atoms with van der Waals surface area (Å²) in [5.41, 5.74) is 0. The largest absolute Gasteiger partial charge is 0.363 e. The van der Waals surface area contributed by atoms with Crippen molar-refractivity contribution in [3.05, 3.63) is 29.2 Å². The number of piperidine rings is 1. The third kappa shape index (κ3) is 4.30. The third-order valence-electron chi connectivity index (χ3n) is 4.98. The standard InChI is InChI=1S/C17H25N7S.HI/c1-18-17(19-12-15-22-21-14-4-2-8-24(14)15)20-13-6-9-23(10-7-13)16-5-3-11-25-16;/h3,5,11,13H,2,4,6-10,12H2,1H3,(H2,18,19,20);1H. The lowest BCUT2D eigenvalue weighted by atomic mass is 10.1. The Hall–Kier alpha value is -1.36. The Kier molecular flexibility index (Phi) is 6.74. The van der Waals surface area contributed by atoms with Crippen LogP contribution >= 0.6 is 35.3 Å². The lowest BCUT2D eigenvalue weighted by Crippen LogP contribution is -2.48. The first-order chi connectivity index (χ1) is 12.3. The van der Waals surface area contributed by atoms with E-state index in [2.05, 4.69) is 52.8 Å². The van der Waals surface area contributed by atoms with Gasteiger partial charge in [-0.2, -0.15) is 0 Å². The normalized spacial score (nSPS) is 17.7. The van der Waals surface area contributed by atoms with E-state index in [1.54, 1.807) is 0 Å². The molecule has 2 aliphatic rings. The van der Waals surface area contributed by atoms with E-state index in [4.69, 9.17) is 0 Å². The van der Waals surface area contributed by atoms with E-state index < -0.39 is 0 Å². The van der Waals surface area contributed by atoms with Crippen molar-refractivity contribution in [2.45, 2.75) is 44.8 Å². The number of halogens is 1. The van der Waals surface area contributed by atoms with Gasteiger partial charge >= 0.3 is 0 Å². The SMILES string of the molecule is CN=C(NCc1nnc2n1CCC2)NC1CCN(c2cccs2)CC1.I. The number of thiophene rings is 1. The molecule has 2 aromatic rings. The average Bonchev–Trinajstić information content (AvgIpc) is 3.37. The average molecular weight is 487 g/mol. The molecule has 2 N–H and O–H groups in total. The van der Waals surface area contributed by atoms with Gasteiger partial charge in [0.2, 0.25) is 0 Å². The minimum atomic E-state index is 0. The zero-order valence-electron chi connectivity index (χ0n) is 15.0. The van der Waals surface area contributed by atoms with Crippen LogP contribution in [-0.4, -0.2) is 46.9 Å². The number of anilines is 1. The van der Waals surface area contributed by atoms with Crippen molar-refractivity contribution in [3.63, 3.8) is 0 Å². The van der Waals surface area contributed by atoms with Gasteiger partial charge in [-0.1, -0.05) is 0 Å². The van der Waals surface area contributed by atoms with Gasteiger partial charge in [0.25, 0.3) is 0 Å². The highest BCUT2D eigenvalue weighted by Crippen LogP contribution is 2.24. The first-order valence-electron chi connectivity index (χ1n) is 9.00. The van der Waals surface area contributed by atoms with Crippen molar-refractivity contribution < 1.29 is 0 Å². The maximum Gasteiger partial charge on any atom is 0.191 e. The van der Waals surface area contributed by atoms with Crippen LogP contribution in [0.1, 0.15) is 30.9 Å². The molecule has 0 bridgehead atoms. The summed E-state index contributed by atoms with van der Waals surface area (Å²) in [4.78, 5) is 6.84. The van der Waals surface area contributed by atoms with Crippen LogP contribution in [0, 0.1) is 0 Å². The molecule has 0 aliphatic carbocycles. The minimum absolute atomic E-state index is 0. The van der Waals surface area contributed by atoms with Gasteiger partial charge in [0.15, 0.2) is 11.8 Å². The molecular weight excluding hydrogens is 461 g/mol. The van der Waals surface area contributed by atoms with E-state index in [9.17, 15) is 0 Å². The summed E-state index contributed by atoms with van der Waals surface area (Å²) in [6.45, 7) is 3.88. The van der Waals surface area contributed by atoms with Crippen LogP contribution < -0.4 is 15.5 Å². The Labute approximate surface area is 175 Å². The fourth-order valence-corrected chi connectivity index (χ4v) is 4.37. The molecule has 4 rings (SSSR count). The predicted octanol–water partition coefficient (Wildman–Crippen LogP) is 2.24. The molecule has 0 aromatic carbocycles. The minimum Gasteiger partial charge on any atom is -0.363 e. The summed E-state index contributed by atoms with van der Waals surface area (Å²) in [5.74, 6) is 2.97. The number of fused-ring (bicyclic) bond motifs is 1. The molecule has 0 unspecified atom stereocenters. The molecule has 1 fully saturated rings. The molecule has 1 saturated heterocycles. The number of hydrogen-bond acceptors (Lipinski definition) is 5. The summed E-state index contributed by atoms with van der Waals surface area (Å²) in [7, 11) is 1.82. The Bertz CT molecular complexity index is 720. The van der Waals surface area contributed by atoms with Gasteiger partial charge in [-0.3, -0.25) is 4.99 Å². The molecule has 0 saturated carbocycles. The van der Waals surface area contributed by atoms with Gasteiger partial charge in [0.05, 0.1) is 11.5 Å². The number of rotatable bonds is 4. The highest BCUT2D eigenvalue weighted by Gasteiger charge is 2.21. The monoisotopic (exact) mass is 487 g/mol. The number of nitrogens with one attached hydrogen (secondary N) is 2. The maximum absolute atomic E-state index is 4.37. The summed E-state index contributed by atoms with van der Waals surface area (Å²) < 4.78 is 2.22. The molecule has 2 aromatic heterocycles. The number of aryl methyl sites for hydroxylation is 1. The number of guanidine groups is 1. The van der Waals surface area contributed by atoms with Gasteiger partial charge in [-0.05, 0) is 36.8 Å². The highest BCUT2D eigenvalue weighted by molar-refractivity contribution is 14.0. The van der Waals surface area contributed by atoms with Gasteiger partial charge < -0.3 is 20.1 Å². The van der Waals surface area contributed by atoms with Crippen LogP contribution in [0.3, 0.4) is 0 Å². The van der Waals surface area contributed by atoms with Crippen LogP contribution in [0.25, 0.3) is 0 Å². The van der Waals surface area contributed by atoms with E-state index in [1.807, 2.05) is 18.4 Å². The van der Waals surface area contributed by atoms with Crippen LogP contribution in [0.4, 0.5) is 5.00 Å². The lowest BCUT2D eigenvalue weighted by molar-refractivity contribution is 0.462. The highest BCUT2D eigenvalue weighted by atomic mass is 127. The van der Waals surface area contributed by atoms with Crippen molar-refractivity contribution in [2.24, 2.45) is 4.99 Å². The summed E-state index contributed by atoms with van der Waals surface area (Å²) in [5, 5.41) is 19.0. The zero-order chi connectivity index (χ0) is 17.1. The zero-order valence-corrected chi connectivity index (χ0v) is 18.2. The fraction of sp³-hybridized carbons (Fsp3) is 0.588. The molecule has 2 aliphatic heterocycles. The number of hydrogen-bond donors (Lipinski definition) is 2. The number of aromatic nitrogens is 3. The van der Waals surface area contributed by atoms with Crippen LogP contribution in [0.15, 0.2) is 22.5 Å². The van der Waals surface area contributed by atoms with Gasteiger partial charge in [-0.25, -0.2) is 0 Å². The van der Waals surface area contributed by atoms with E-state index in [0.717, 1.165) is 56.5 Å². The summed E-state index contributed by atoms with van der Waals surface area (Å²) in [6, 6.07) is 4.79. The molecule has 0 radical (unpaired) electrons. The van der Waals surface area contributed by atoms with Crippen LogP contribution in [0.5, 0.6) is 0 Å². The Balaban J connectivity index is 0.00000196. The fourth-order valence-electron chi connectivity index (χ4n) is 3.59. The van der Waals surface area contributed by atoms with Gasteiger partial charge in [0.1, 0.15) is 5.82 Å². The van der Waals surface area contributed by atoms with Crippen molar-refractivity contribution in [2.75, 3.05) is 25.0 Å². The van der Waals surface area contributed by atoms with Crippen LogP contribution in [0.2, 0.25) is 0 Å². The molecule has 26 heavy (non-hydrogen) atoms. The Morgan fingerprint density at radius 1 is 1.31 bits per heavy atom. The molecule has 0 atom stereocenters. The molecule has 142 valence electrons. The first kappa shape index (κ1) is 19.4. The number of aliphatic imine (C=N–C) groups is 1. The molecule has 7 nitrogen and oxygen atoms in total. The molecule has 9 heteroatoms. The number of nitrogens with zero attached hydrogens (tertiary/aromatic N) is 5. The van der Waals surface area contributed by atoms with Crippen molar-refractivity contribution in [3.8, 4) is 0 Å². The lowest BCUT2D eigenvalue weighted by Gasteiger charge is -2.33. The van der Waals surface area contributed by atoms with E-state index >= 15 is 0 Å². The second kappa shape index (κ2) is 9.03. The summed E-state index contributed by atoms with van der Waals surface area (Å²) in [6.07, 6.45) is 4.47. The van der Waals surface area contributed by atoms with Crippen molar-refractivity contribution in [1.82, 2.24) is 25.4 Å². The molecule has 0 amide bonds. The maximum atomic E-state index is 4.37. The van der Waals surface area contributed by atoms with Crippen molar-refractivity contribution >= 4 is 46.3 Å². The quantitative estimate of drug-likeness (QED) is 0.394. The van der Waals surface area contributed by atoms with E-state index in [1.165, 1.54) is 11.4 Å². The second-order valence-electron chi connectivity index (χ2n) is 6.57. The third-order valence-corrected chi connectivity index (χ3v) is 5.91. The predicted molar refractivity (Wildman–Crippen MR) is 117 cm³/mol. The van der Waals surface area contributed by atoms with Gasteiger partial charge in [-0.15, -0.1) is 45.5 Å². The first-order valence-corrected chi connectivity index (χ1v) is 9.88. The topological polar surface area (TPSA) is 70.4 Å².